The normalized spacial score (nSPS) is 22.9. The van der Waals surface area contributed by atoms with E-state index in [1.54, 1.807) is 19.2 Å². The lowest BCUT2D eigenvalue weighted by atomic mass is 9.75. The number of ether oxygens (including phenoxy) is 1. The molecule has 20 heavy (non-hydrogen) atoms. The van der Waals surface area contributed by atoms with Gasteiger partial charge in [0.1, 0.15) is 5.75 Å². The highest BCUT2D eigenvalue weighted by molar-refractivity contribution is 6.32. The van der Waals surface area contributed by atoms with Gasteiger partial charge in [-0.25, -0.2) is 0 Å². The van der Waals surface area contributed by atoms with Crippen LogP contribution in [0.1, 0.15) is 49.9 Å². The van der Waals surface area contributed by atoms with Crippen molar-refractivity contribution < 1.29 is 9.53 Å². The molecule has 0 heterocycles. The number of Topliss-reactive ketones (excluding diaryl/α,β-unsaturated/α-hetero) is 1. The van der Waals surface area contributed by atoms with Crippen LogP contribution in [-0.2, 0) is 0 Å². The molecule has 0 aliphatic heterocycles. The van der Waals surface area contributed by atoms with Crippen molar-refractivity contribution in [2.24, 2.45) is 17.8 Å². The van der Waals surface area contributed by atoms with Crippen LogP contribution >= 0.6 is 11.6 Å². The van der Waals surface area contributed by atoms with E-state index in [4.69, 9.17) is 16.3 Å². The largest absolute Gasteiger partial charge is 0.495 e. The second kappa shape index (κ2) is 6.62. The van der Waals surface area contributed by atoms with Gasteiger partial charge in [0.15, 0.2) is 5.78 Å². The van der Waals surface area contributed by atoms with Crippen LogP contribution in [0, 0.1) is 17.8 Å². The molecular weight excluding hydrogens is 272 g/mol. The van der Waals surface area contributed by atoms with Gasteiger partial charge >= 0.3 is 0 Å². The quantitative estimate of drug-likeness (QED) is 0.731. The maximum atomic E-state index is 12.6. The second-order valence-corrected chi connectivity index (χ2v) is 6.48. The monoisotopic (exact) mass is 294 g/mol. The first kappa shape index (κ1) is 15.4. The Morgan fingerprint density at radius 3 is 2.45 bits per heavy atom. The Kier molecular flexibility index (Phi) is 5.09. The maximum absolute atomic E-state index is 12.6. The summed E-state index contributed by atoms with van der Waals surface area (Å²) in [4.78, 5) is 12.6. The summed E-state index contributed by atoms with van der Waals surface area (Å²) < 4.78 is 5.19. The lowest BCUT2D eigenvalue weighted by Gasteiger charge is -2.30. The van der Waals surface area contributed by atoms with Gasteiger partial charge in [0.05, 0.1) is 12.1 Å². The average molecular weight is 295 g/mol. The molecular formula is C17H23ClO2. The third-order valence-electron chi connectivity index (χ3n) is 4.52. The lowest BCUT2D eigenvalue weighted by molar-refractivity contribution is 0.0858. The SMILES string of the molecule is COc1cc(C(=O)C2CCC(C(C)C)CC2)ccc1Cl. The summed E-state index contributed by atoms with van der Waals surface area (Å²) in [5.41, 5.74) is 0.722. The van der Waals surface area contributed by atoms with Gasteiger partial charge in [0, 0.05) is 11.5 Å². The zero-order valence-electron chi connectivity index (χ0n) is 12.5. The fraction of sp³-hybridized carbons (Fsp3) is 0.588. The zero-order chi connectivity index (χ0) is 14.7. The van der Waals surface area contributed by atoms with Crippen LogP contribution in [0.5, 0.6) is 5.75 Å². The number of carbonyl (C=O) groups is 1. The van der Waals surface area contributed by atoms with Crippen LogP contribution in [0.3, 0.4) is 0 Å². The first-order chi connectivity index (χ1) is 9.52. The summed E-state index contributed by atoms with van der Waals surface area (Å²) in [5.74, 6) is 2.48. The minimum atomic E-state index is 0.163. The summed E-state index contributed by atoms with van der Waals surface area (Å²) in [6.07, 6.45) is 4.34. The molecule has 1 fully saturated rings. The van der Waals surface area contributed by atoms with Crippen LogP contribution in [-0.4, -0.2) is 12.9 Å². The van der Waals surface area contributed by atoms with Crippen LogP contribution in [0.2, 0.25) is 5.02 Å². The number of rotatable bonds is 4. The predicted octanol–water partition coefficient (Wildman–Crippen LogP) is 4.99. The van der Waals surface area contributed by atoms with Crippen molar-refractivity contribution >= 4 is 17.4 Å². The summed E-state index contributed by atoms with van der Waals surface area (Å²) >= 11 is 6.00. The molecule has 1 aliphatic carbocycles. The molecule has 1 aromatic rings. The smallest absolute Gasteiger partial charge is 0.166 e. The van der Waals surface area contributed by atoms with E-state index in [1.807, 2.05) is 6.07 Å². The molecule has 0 atom stereocenters. The van der Waals surface area contributed by atoms with E-state index >= 15 is 0 Å². The van der Waals surface area contributed by atoms with Gasteiger partial charge in [0.25, 0.3) is 0 Å². The van der Waals surface area contributed by atoms with Gasteiger partial charge in [-0.15, -0.1) is 0 Å². The molecule has 0 radical (unpaired) electrons. The number of hydrogen-bond acceptors (Lipinski definition) is 2. The fourth-order valence-corrected chi connectivity index (χ4v) is 3.29. The Hall–Kier alpha value is -1.02. The number of ketones is 1. The highest BCUT2D eigenvalue weighted by atomic mass is 35.5. The van der Waals surface area contributed by atoms with E-state index in [-0.39, 0.29) is 11.7 Å². The number of carbonyl (C=O) groups excluding carboxylic acids is 1. The number of halogens is 1. The van der Waals surface area contributed by atoms with Crippen molar-refractivity contribution in [3.63, 3.8) is 0 Å². The van der Waals surface area contributed by atoms with Crippen molar-refractivity contribution in [3.8, 4) is 5.75 Å². The van der Waals surface area contributed by atoms with Gasteiger partial charge in [-0.2, -0.15) is 0 Å². The molecule has 2 rings (SSSR count). The van der Waals surface area contributed by atoms with Gasteiger partial charge in [0.2, 0.25) is 0 Å². The Morgan fingerprint density at radius 1 is 1.25 bits per heavy atom. The molecule has 110 valence electrons. The number of methoxy groups -OCH3 is 1. The molecule has 1 saturated carbocycles. The van der Waals surface area contributed by atoms with E-state index in [9.17, 15) is 4.79 Å². The second-order valence-electron chi connectivity index (χ2n) is 6.07. The van der Waals surface area contributed by atoms with E-state index < -0.39 is 0 Å². The highest BCUT2D eigenvalue weighted by Gasteiger charge is 2.28. The molecule has 0 amide bonds. The van der Waals surface area contributed by atoms with Gasteiger partial charge in [-0.3, -0.25) is 4.79 Å². The summed E-state index contributed by atoms with van der Waals surface area (Å²) in [5, 5.41) is 0.549. The Balaban J connectivity index is 2.05. The first-order valence-corrected chi connectivity index (χ1v) is 7.78. The van der Waals surface area contributed by atoms with Crippen molar-refractivity contribution in [1.29, 1.82) is 0 Å². The Labute approximate surface area is 126 Å². The Bertz CT molecular complexity index is 474. The van der Waals surface area contributed by atoms with Crippen LogP contribution in [0.25, 0.3) is 0 Å². The predicted molar refractivity (Wildman–Crippen MR) is 82.6 cm³/mol. The van der Waals surface area contributed by atoms with Gasteiger partial charge < -0.3 is 4.74 Å². The van der Waals surface area contributed by atoms with Crippen molar-refractivity contribution in [2.45, 2.75) is 39.5 Å². The van der Waals surface area contributed by atoms with E-state index in [0.29, 0.717) is 10.8 Å². The number of hydrogen-bond donors (Lipinski definition) is 0. The highest BCUT2D eigenvalue weighted by Crippen LogP contribution is 2.35. The molecule has 0 N–H and O–H groups in total. The molecule has 0 aromatic heterocycles. The standard InChI is InChI=1S/C17H23ClO2/c1-11(2)12-4-6-13(7-5-12)17(19)14-8-9-15(18)16(10-14)20-3/h8-13H,4-7H2,1-3H3. The molecule has 0 spiro atoms. The summed E-state index contributed by atoms with van der Waals surface area (Å²) in [6, 6.07) is 5.31. The van der Waals surface area contributed by atoms with Crippen molar-refractivity contribution in [2.75, 3.05) is 7.11 Å². The van der Waals surface area contributed by atoms with Gasteiger partial charge in [-0.05, 0) is 55.7 Å². The third kappa shape index (κ3) is 3.35. The third-order valence-corrected chi connectivity index (χ3v) is 4.83. The summed E-state index contributed by atoms with van der Waals surface area (Å²) in [6.45, 7) is 4.55. The molecule has 0 bridgehead atoms. The van der Waals surface area contributed by atoms with Crippen LogP contribution in [0.15, 0.2) is 18.2 Å². The van der Waals surface area contributed by atoms with Crippen LogP contribution in [0.4, 0.5) is 0 Å². The van der Waals surface area contributed by atoms with Gasteiger partial charge in [-0.1, -0.05) is 25.4 Å². The fourth-order valence-electron chi connectivity index (χ4n) is 3.10. The minimum absolute atomic E-state index is 0.163. The molecule has 3 heteroatoms. The molecule has 0 unspecified atom stereocenters. The molecule has 1 aliphatic rings. The lowest BCUT2D eigenvalue weighted by Crippen LogP contribution is -2.24. The van der Waals surface area contributed by atoms with Crippen molar-refractivity contribution in [3.05, 3.63) is 28.8 Å². The van der Waals surface area contributed by atoms with E-state index in [1.165, 1.54) is 12.8 Å². The molecule has 1 aromatic carbocycles. The summed E-state index contributed by atoms with van der Waals surface area (Å²) in [7, 11) is 1.57. The van der Waals surface area contributed by atoms with Crippen LogP contribution < -0.4 is 4.74 Å². The molecule has 0 saturated heterocycles. The minimum Gasteiger partial charge on any atom is -0.495 e. The maximum Gasteiger partial charge on any atom is 0.166 e. The number of benzene rings is 1. The molecule has 2 nitrogen and oxygen atoms in total. The van der Waals surface area contributed by atoms with E-state index in [0.717, 1.165) is 30.2 Å². The average Bonchev–Trinajstić information content (AvgIpc) is 2.47. The Morgan fingerprint density at radius 2 is 1.90 bits per heavy atom. The zero-order valence-corrected chi connectivity index (χ0v) is 13.2. The van der Waals surface area contributed by atoms with E-state index in [2.05, 4.69) is 13.8 Å². The first-order valence-electron chi connectivity index (χ1n) is 7.40. The van der Waals surface area contributed by atoms with Crippen molar-refractivity contribution in [1.82, 2.24) is 0 Å². The topological polar surface area (TPSA) is 26.3 Å².